The van der Waals surface area contributed by atoms with E-state index >= 15 is 0 Å². The molecule has 1 unspecified atom stereocenters. The monoisotopic (exact) mass is 576 g/mol. The highest BCUT2D eigenvalue weighted by Gasteiger charge is 2.61. The van der Waals surface area contributed by atoms with Crippen LogP contribution in [0.4, 0.5) is 10.5 Å². The Bertz CT molecular complexity index is 1220. The zero-order chi connectivity index (χ0) is 29.6. The Morgan fingerprint density at radius 3 is 2.55 bits per heavy atom. The molecule has 4 bridgehead atoms. The van der Waals surface area contributed by atoms with Crippen LogP contribution in [0.2, 0.25) is 5.02 Å². The Balaban J connectivity index is 1.78. The summed E-state index contributed by atoms with van der Waals surface area (Å²) in [4.78, 5) is 27.6. The van der Waals surface area contributed by atoms with Crippen molar-refractivity contribution >= 4 is 29.3 Å². The van der Waals surface area contributed by atoms with Crippen molar-refractivity contribution in [3.8, 4) is 5.75 Å². The highest BCUT2D eigenvalue weighted by atomic mass is 35.5. The van der Waals surface area contributed by atoms with Gasteiger partial charge in [0.1, 0.15) is 23.0 Å². The number of hydrogen-bond acceptors (Lipinski definition) is 7. The van der Waals surface area contributed by atoms with Gasteiger partial charge in [-0.15, -0.1) is 0 Å². The summed E-state index contributed by atoms with van der Waals surface area (Å²) in [6, 6.07) is 3.80. The van der Waals surface area contributed by atoms with Crippen LogP contribution in [0.3, 0.4) is 0 Å². The molecule has 3 heterocycles. The van der Waals surface area contributed by atoms with Crippen molar-refractivity contribution < 1.29 is 33.6 Å². The van der Waals surface area contributed by atoms with Gasteiger partial charge in [-0.1, -0.05) is 56.2 Å². The number of halogens is 1. The van der Waals surface area contributed by atoms with E-state index in [0.29, 0.717) is 16.5 Å². The van der Waals surface area contributed by atoms with Gasteiger partial charge in [0.25, 0.3) is 0 Å². The van der Waals surface area contributed by atoms with E-state index in [9.17, 15) is 14.7 Å². The lowest BCUT2D eigenvalue weighted by atomic mass is 9.81. The van der Waals surface area contributed by atoms with Crippen LogP contribution in [0, 0.1) is 11.8 Å². The van der Waals surface area contributed by atoms with E-state index in [-0.39, 0.29) is 42.6 Å². The fourth-order valence-electron chi connectivity index (χ4n) is 5.81. The van der Waals surface area contributed by atoms with E-state index in [1.807, 2.05) is 45.9 Å². The molecule has 0 aliphatic carbocycles. The van der Waals surface area contributed by atoms with Crippen molar-refractivity contribution in [3.05, 3.63) is 46.5 Å². The number of nitrogens with zero attached hydrogens (tertiary/aromatic N) is 1. The maximum Gasteiger partial charge on any atom is 0.409 e. The molecule has 40 heavy (non-hydrogen) atoms. The van der Waals surface area contributed by atoms with Crippen molar-refractivity contribution in [2.24, 2.45) is 11.8 Å². The minimum absolute atomic E-state index is 0.0456. The smallest absolute Gasteiger partial charge is 0.409 e. The van der Waals surface area contributed by atoms with Gasteiger partial charge < -0.3 is 29.0 Å². The molecule has 10 heteroatoms. The van der Waals surface area contributed by atoms with Gasteiger partial charge in [0.2, 0.25) is 5.91 Å². The zero-order valence-corrected chi connectivity index (χ0v) is 25.2. The van der Waals surface area contributed by atoms with Crippen LogP contribution in [0.25, 0.3) is 0 Å². The molecule has 3 aliphatic heterocycles. The average Bonchev–Trinajstić information content (AvgIpc) is 3.61. The molecule has 0 spiro atoms. The van der Waals surface area contributed by atoms with Crippen LogP contribution in [-0.2, 0) is 19.0 Å². The SMILES string of the molecule is COc1cc2cc(c1Cl)N(C)C(=O)C[C@H](C)[C@]1(C)O[C@H]1[C@H](C)[C@@H]1C[C@@](O)(NC(=O)O1)[C@H](OC)/C=C/C=C(\C)C2C. The molecule has 0 radical (unpaired) electrons. The van der Waals surface area contributed by atoms with Gasteiger partial charge in [-0.2, -0.15) is 0 Å². The minimum Gasteiger partial charge on any atom is -0.495 e. The van der Waals surface area contributed by atoms with Crippen molar-refractivity contribution in [1.82, 2.24) is 5.32 Å². The summed E-state index contributed by atoms with van der Waals surface area (Å²) in [5, 5.41) is 14.4. The number of carbonyl (C=O) groups excluding carboxylic acids is 2. The van der Waals surface area contributed by atoms with E-state index in [1.54, 1.807) is 31.2 Å². The van der Waals surface area contributed by atoms with Gasteiger partial charge in [0, 0.05) is 38.8 Å². The summed E-state index contributed by atoms with van der Waals surface area (Å²) >= 11 is 6.69. The summed E-state index contributed by atoms with van der Waals surface area (Å²) in [6.45, 7) is 9.93. The van der Waals surface area contributed by atoms with Crippen LogP contribution in [0.1, 0.15) is 58.9 Å². The fraction of sp³-hybridized carbons (Fsp3) is 0.600. The largest absolute Gasteiger partial charge is 0.495 e. The van der Waals surface area contributed by atoms with Gasteiger partial charge >= 0.3 is 6.09 Å². The van der Waals surface area contributed by atoms with Gasteiger partial charge in [0.15, 0.2) is 5.72 Å². The second-order valence-corrected chi connectivity index (χ2v) is 11.9. The van der Waals surface area contributed by atoms with Gasteiger partial charge in [-0.3, -0.25) is 10.1 Å². The first kappa shape index (κ1) is 30.4. The molecule has 2 amide bonds. The highest BCUT2D eigenvalue weighted by molar-refractivity contribution is 6.35. The molecule has 0 aromatic heterocycles. The second kappa shape index (κ2) is 11.4. The number of epoxide rings is 1. The molecule has 2 saturated heterocycles. The van der Waals surface area contributed by atoms with Crippen LogP contribution in [0.5, 0.6) is 5.75 Å². The Kier molecular flexibility index (Phi) is 8.62. The number of fused-ring (bicyclic) bond motifs is 5. The van der Waals surface area contributed by atoms with E-state index in [1.165, 1.54) is 7.11 Å². The first-order chi connectivity index (χ1) is 18.8. The standard InChI is InChI=1S/C30H41ClN2O7/c1-16-10-9-11-24(38-8)30(36)15-23(39-28(35)32-30)19(4)27-29(5,40-27)17(2)12-25(34)33(6)21-13-20(18(16)3)14-22(37-7)26(21)31/h9-11,13-14,17-19,23-24,27,36H,12,15H2,1-8H3,(H,32,35)/b11-9+,16-10+/t17-,18?,19+,23-,24+,27-,29-,30-/m0/s1. The van der Waals surface area contributed by atoms with Gasteiger partial charge in [-0.25, -0.2) is 4.79 Å². The third-order valence-electron chi connectivity index (χ3n) is 9.05. The Morgan fingerprint density at radius 2 is 1.90 bits per heavy atom. The normalized spacial score (nSPS) is 38.9. The first-order valence-corrected chi connectivity index (χ1v) is 14.0. The third kappa shape index (κ3) is 5.62. The minimum atomic E-state index is -1.68. The molecular formula is C30H41ClN2O7. The number of hydrogen-bond donors (Lipinski definition) is 2. The van der Waals surface area contributed by atoms with E-state index in [0.717, 1.165) is 11.1 Å². The summed E-state index contributed by atoms with van der Waals surface area (Å²) in [5.74, 6) is -0.0477. The van der Waals surface area contributed by atoms with E-state index in [2.05, 4.69) is 12.2 Å². The van der Waals surface area contributed by atoms with E-state index in [4.69, 9.17) is 30.5 Å². The van der Waals surface area contributed by atoms with Crippen molar-refractivity contribution in [2.45, 2.75) is 83.0 Å². The molecule has 2 N–H and O–H groups in total. The first-order valence-electron chi connectivity index (χ1n) is 13.7. The van der Waals surface area contributed by atoms with Crippen molar-refractivity contribution in [1.29, 1.82) is 0 Å². The maximum absolute atomic E-state index is 13.5. The third-order valence-corrected chi connectivity index (χ3v) is 9.43. The molecule has 1 aromatic rings. The molecule has 8 atom stereocenters. The number of ether oxygens (including phenoxy) is 4. The number of anilines is 1. The lowest BCUT2D eigenvalue weighted by Gasteiger charge is -2.42. The number of amides is 2. The van der Waals surface area contributed by atoms with Crippen LogP contribution < -0.4 is 15.0 Å². The number of aliphatic hydroxyl groups is 1. The maximum atomic E-state index is 13.5. The van der Waals surface area contributed by atoms with Crippen LogP contribution >= 0.6 is 11.6 Å². The molecule has 0 saturated carbocycles. The van der Waals surface area contributed by atoms with Gasteiger partial charge in [-0.05, 0) is 37.5 Å². The number of methoxy groups -OCH3 is 2. The summed E-state index contributed by atoms with van der Waals surface area (Å²) < 4.78 is 23.0. The Morgan fingerprint density at radius 1 is 1.20 bits per heavy atom. The molecule has 2 fully saturated rings. The number of alkyl carbamates (subject to hydrolysis) is 1. The summed E-state index contributed by atoms with van der Waals surface area (Å²) in [6.07, 6.45) is 3.36. The highest BCUT2D eigenvalue weighted by Crippen LogP contribution is 2.50. The molecule has 220 valence electrons. The number of carbonyl (C=O) groups is 2. The molecule has 3 aliphatic rings. The Hall–Kier alpha value is -2.59. The number of allylic oxidation sites excluding steroid dienone is 3. The molecule has 9 nitrogen and oxygen atoms in total. The topological polar surface area (TPSA) is 110 Å². The predicted octanol–water partition coefficient (Wildman–Crippen LogP) is 4.95. The summed E-state index contributed by atoms with van der Waals surface area (Å²) in [7, 11) is 4.76. The number of benzene rings is 1. The molecule has 1 aromatic carbocycles. The lowest BCUT2D eigenvalue weighted by Crippen LogP contribution is -2.63. The lowest BCUT2D eigenvalue weighted by molar-refractivity contribution is -0.142. The van der Waals surface area contributed by atoms with E-state index < -0.39 is 29.6 Å². The quantitative estimate of drug-likeness (QED) is 0.479. The number of nitrogens with one attached hydrogen (secondary N) is 1. The fourth-order valence-corrected chi connectivity index (χ4v) is 6.13. The van der Waals surface area contributed by atoms with Crippen LogP contribution in [-0.4, -0.2) is 68.0 Å². The van der Waals surface area contributed by atoms with Crippen LogP contribution in [0.15, 0.2) is 35.9 Å². The second-order valence-electron chi connectivity index (χ2n) is 11.6. The molecule has 4 rings (SSSR count). The van der Waals surface area contributed by atoms with Crippen molar-refractivity contribution in [3.63, 3.8) is 0 Å². The Labute approximate surface area is 241 Å². The van der Waals surface area contributed by atoms with Crippen molar-refractivity contribution in [2.75, 3.05) is 26.2 Å². The average molecular weight is 577 g/mol. The summed E-state index contributed by atoms with van der Waals surface area (Å²) in [5.41, 5.74) is 0.234. The predicted molar refractivity (Wildman–Crippen MR) is 153 cm³/mol. The number of rotatable bonds is 2. The molecular weight excluding hydrogens is 536 g/mol. The van der Waals surface area contributed by atoms with Gasteiger partial charge in [0.05, 0.1) is 24.5 Å². The zero-order valence-electron chi connectivity index (χ0n) is 24.5.